The van der Waals surface area contributed by atoms with E-state index in [4.69, 9.17) is 9.47 Å². The monoisotopic (exact) mass is 316 g/mol. The Morgan fingerprint density at radius 3 is 2.38 bits per heavy atom. The highest BCUT2D eigenvalue weighted by atomic mass is 32.1. The molecule has 0 aliphatic carbocycles. The topological polar surface area (TPSA) is 94.5 Å². The number of carbonyl (C=O) groups is 3. The number of hydroxylamine groups is 2. The predicted octanol–water partition coefficient (Wildman–Crippen LogP) is 0.120. The van der Waals surface area contributed by atoms with E-state index in [1.54, 1.807) is 0 Å². The molecule has 0 unspecified atom stereocenters. The lowest BCUT2D eigenvalue weighted by Gasteiger charge is -2.12. The van der Waals surface area contributed by atoms with Gasteiger partial charge in [0.05, 0.1) is 44.6 Å². The van der Waals surface area contributed by atoms with Gasteiger partial charge in [-0.05, 0) is 12.2 Å². The van der Waals surface area contributed by atoms with Crippen LogP contribution in [-0.2, 0) is 28.7 Å². The summed E-state index contributed by atoms with van der Waals surface area (Å²) in [4.78, 5) is 42.1. The van der Waals surface area contributed by atoms with Gasteiger partial charge in [0.1, 0.15) is 0 Å². The minimum Gasteiger partial charge on any atom is -0.378 e. The fourth-order valence-electron chi connectivity index (χ4n) is 1.44. The molecule has 21 heavy (non-hydrogen) atoms. The summed E-state index contributed by atoms with van der Waals surface area (Å²) in [6.45, 7) is 1.68. The van der Waals surface area contributed by atoms with Crippen LogP contribution in [0.15, 0.2) is 4.99 Å². The second kappa shape index (κ2) is 10.1. The van der Waals surface area contributed by atoms with Crippen LogP contribution in [0, 0.1) is 0 Å². The standard InChI is InChI=1S/C12H16N2O6S/c15-10-1-2-11(16)14(10)20-12(17)3-5-18-7-8-19-6-4-13-9-21/h1-8H2. The fourth-order valence-corrected chi connectivity index (χ4v) is 1.53. The molecule has 116 valence electrons. The number of nitrogens with zero attached hydrogens (tertiary/aromatic N) is 2. The molecule has 0 aromatic rings. The average Bonchev–Trinajstić information content (AvgIpc) is 2.77. The van der Waals surface area contributed by atoms with E-state index in [0.29, 0.717) is 31.4 Å². The third kappa shape index (κ3) is 7.05. The lowest BCUT2D eigenvalue weighted by Crippen LogP contribution is -2.32. The summed E-state index contributed by atoms with van der Waals surface area (Å²) >= 11 is 4.39. The van der Waals surface area contributed by atoms with Gasteiger partial charge in [0, 0.05) is 12.8 Å². The van der Waals surface area contributed by atoms with E-state index in [9.17, 15) is 14.4 Å². The molecule has 1 aliphatic rings. The van der Waals surface area contributed by atoms with Gasteiger partial charge < -0.3 is 14.3 Å². The fraction of sp³-hybridized carbons (Fsp3) is 0.667. The zero-order valence-corrected chi connectivity index (χ0v) is 12.2. The van der Waals surface area contributed by atoms with E-state index < -0.39 is 17.8 Å². The van der Waals surface area contributed by atoms with Gasteiger partial charge in [-0.25, -0.2) is 9.79 Å². The minimum atomic E-state index is -0.685. The first-order chi connectivity index (χ1) is 10.1. The van der Waals surface area contributed by atoms with Gasteiger partial charge in [0.2, 0.25) is 0 Å². The molecule has 1 aliphatic heterocycles. The van der Waals surface area contributed by atoms with Gasteiger partial charge in [0.15, 0.2) is 0 Å². The van der Waals surface area contributed by atoms with Crippen LogP contribution in [0.5, 0.6) is 0 Å². The summed E-state index contributed by atoms with van der Waals surface area (Å²) in [5, 5.41) is 2.74. The molecule has 0 bridgehead atoms. The highest BCUT2D eigenvalue weighted by Crippen LogP contribution is 2.12. The molecule has 2 amide bonds. The quantitative estimate of drug-likeness (QED) is 0.244. The molecular weight excluding hydrogens is 300 g/mol. The van der Waals surface area contributed by atoms with Gasteiger partial charge in [-0.1, -0.05) is 0 Å². The summed E-state index contributed by atoms with van der Waals surface area (Å²) in [5.74, 6) is -1.68. The van der Waals surface area contributed by atoms with Crippen LogP contribution in [0.25, 0.3) is 0 Å². The van der Waals surface area contributed by atoms with Crippen LogP contribution < -0.4 is 0 Å². The van der Waals surface area contributed by atoms with Crippen molar-refractivity contribution in [2.24, 2.45) is 4.99 Å². The molecule has 8 nitrogen and oxygen atoms in total. The molecule has 0 spiro atoms. The van der Waals surface area contributed by atoms with Crippen molar-refractivity contribution in [3.63, 3.8) is 0 Å². The van der Waals surface area contributed by atoms with Crippen molar-refractivity contribution < 1.29 is 28.7 Å². The molecule has 1 heterocycles. The van der Waals surface area contributed by atoms with E-state index in [-0.39, 0.29) is 25.9 Å². The number of ether oxygens (including phenoxy) is 2. The number of hydrogen-bond acceptors (Lipinski definition) is 8. The van der Waals surface area contributed by atoms with Crippen LogP contribution in [-0.4, -0.2) is 61.0 Å². The summed E-state index contributed by atoms with van der Waals surface area (Å²) in [7, 11) is 0. The van der Waals surface area contributed by atoms with E-state index in [2.05, 4.69) is 27.2 Å². The number of imide groups is 1. The zero-order valence-electron chi connectivity index (χ0n) is 11.4. The minimum absolute atomic E-state index is 0.0493. The molecule has 0 saturated carbocycles. The number of carbonyl (C=O) groups excluding carboxylic acids is 3. The number of thiocarbonyl (C=S) groups is 1. The van der Waals surface area contributed by atoms with Gasteiger partial charge in [0.25, 0.3) is 11.8 Å². The van der Waals surface area contributed by atoms with Crippen LogP contribution >= 0.6 is 12.2 Å². The van der Waals surface area contributed by atoms with Gasteiger partial charge >= 0.3 is 5.97 Å². The van der Waals surface area contributed by atoms with E-state index in [0.717, 1.165) is 0 Å². The number of hydrogen-bond donors (Lipinski definition) is 0. The molecule has 1 saturated heterocycles. The van der Waals surface area contributed by atoms with Crippen molar-refractivity contribution in [1.82, 2.24) is 5.06 Å². The van der Waals surface area contributed by atoms with Gasteiger partial charge in [-0.3, -0.25) is 9.59 Å². The van der Waals surface area contributed by atoms with E-state index in [1.165, 1.54) is 0 Å². The van der Waals surface area contributed by atoms with Crippen LogP contribution in [0.2, 0.25) is 0 Å². The Morgan fingerprint density at radius 1 is 1.14 bits per heavy atom. The summed E-state index contributed by atoms with van der Waals surface area (Å²) in [6.07, 6.45) is 0.104. The average molecular weight is 316 g/mol. The Balaban J connectivity index is 2.00. The van der Waals surface area contributed by atoms with Gasteiger partial charge in [-0.2, -0.15) is 0 Å². The second-order valence-electron chi connectivity index (χ2n) is 3.99. The summed E-state index contributed by atoms with van der Waals surface area (Å²) in [6, 6.07) is 0. The first kappa shape index (κ1) is 17.4. The molecule has 9 heteroatoms. The predicted molar refractivity (Wildman–Crippen MR) is 73.3 cm³/mol. The van der Waals surface area contributed by atoms with Crippen LogP contribution in [0.1, 0.15) is 19.3 Å². The molecule has 0 atom stereocenters. The molecule has 0 aromatic heterocycles. The molecule has 0 aromatic carbocycles. The molecule has 1 rings (SSSR count). The Morgan fingerprint density at radius 2 is 1.76 bits per heavy atom. The van der Waals surface area contributed by atoms with Crippen molar-refractivity contribution >= 4 is 35.2 Å². The van der Waals surface area contributed by atoms with Crippen molar-refractivity contribution in [2.75, 3.05) is 33.0 Å². The lowest BCUT2D eigenvalue weighted by molar-refractivity contribution is -0.198. The maximum Gasteiger partial charge on any atom is 0.335 e. The van der Waals surface area contributed by atoms with Crippen LogP contribution in [0.3, 0.4) is 0 Å². The van der Waals surface area contributed by atoms with Crippen molar-refractivity contribution in [3.05, 3.63) is 0 Å². The summed E-state index contributed by atoms with van der Waals surface area (Å²) < 4.78 is 10.3. The highest BCUT2D eigenvalue weighted by molar-refractivity contribution is 7.78. The Bertz CT molecular complexity index is 419. The smallest absolute Gasteiger partial charge is 0.335 e. The van der Waals surface area contributed by atoms with Crippen molar-refractivity contribution in [1.29, 1.82) is 0 Å². The van der Waals surface area contributed by atoms with E-state index in [1.807, 2.05) is 0 Å². The van der Waals surface area contributed by atoms with Crippen molar-refractivity contribution in [3.8, 4) is 0 Å². The maximum absolute atomic E-state index is 11.4. The number of rotatable bonds is 10. The molecule has 1 fully saturated rings. The molecule has 0 N–H and O–H groups in total. The lowest BCUT2D eigenvalue weighted by atomic mass is 10.4. The number of isothiocyanates is 1. The maximum atomic E-state index is 11.4. The van der Waals surface area contributed by atoms with Gasteiger partial charge in [-0.15, -0.1) is 5.06 Å². The first-order valence-electron chi connectivity index (χ1n) is 6.41. The number of aliphatic imine (C=N–C) groups is 1. The van der Waals surface area contributed by atoms with E-state index >= 15 is 0 Å². The Hall–Kier alpha value is -1.67. The zero-order chi connectivity index (χ0) is 15.5. The third-order valence-electron chi connectivity index (χ3n) is 2.43. The van der Waals surface area contributed by atoms with Crippen molar-refractivity contribution in [2.45, 2.75) is 19.3 Å². The third-order valence-corrected chi connectivity index (χ3v) is 2.56. The SMILES string of the molecule is O=C(CCOCCOCCN=C=S)ON1C(=O)CCC1=O. The van der Waals surface area contributed by atoms with Crippen LogP contribution in [0.4, 0.5) is 0 Å². The largest absolute Gasteiger partial charge is 0.378 e. The Kier molecular flexibility index (Phi) is 8.37. The summed E-state index contributed by atoms with van der Waals surface area (Å²) in [5.41, 5.74) is 0. The first-order valence-corrected chi connectivity index (χ1v) is 6.81. The normalized spacial score (nSPS) is 14.2. The second-order valence-corrected chi connectivity index (χ2v) is 4.18. The Labute approximate surface area is 127 Å². The molecule has 0 radical (unpaired) electrons. The number of amides is 2. The molecular formula is C12H16N2O6S. The highest BCUT2D eigenvalue weighted by Gasteiger charge is 2.32.